The van der Waals surface area contributed by atoms with Gasteiger partial charge in [-0.1, -0.05) is 78.9 Å². The van der Waals surface area contributed by atoms with Gasteiger partial charge in [0.25, 0.3) is 0 Å². The molecule has 0 heterocycles. The maximum atomic E-state index is 9.38. The van der Waals surface area contributed by atoms with Gasteiger partial charge >= 0.3 is 0 Å². The number of ether oxygens (including phenoxy) is 2. The summed E-state index contributed by atoms with van der Waals surface area (Å²) in [5.74, 6) is 1.50. The van der Waals surface area contributed by atoms with Crippen LogP contribution in [0, 0.1) is 0 Å². The van der Waals surface area contributed by atoms with E-state index in [1.807, 2.05) is 18.2 Å². The molecule has 2 aliphatic carbocycles. The van der Waals surface area contributed by atoms with Crippen LogP contribution in [-0.2, 0) is 5.41 Å². The van der Waals surface area contributed by atoms with Crippen molar-refractivity contribution in [2.24, 2.45) is 0 Å². The molecule has 192 valence electrons. The average molecular weight is 513 g/mol. The highest BCUT2D eigenvalue weighted by atomic mass is 16.5. The maximum Gasteiger partial charge on any atom is 0.119 e. The summed E-state index contributed by atoms with van der Waals surface area (Å²) in [6, 6.07) is 38.6. The molecule has 1 atom stereocenters. The smallest absolute Gasteiger partial charge is 0.119 e. The van der Waals surface area contributed by atoms with Crippen LogP contribution >= 0.6 is 0 Å². The molecule has 39 heavy (non-hydrogen) atoms. The third-order valence-electron chi connectivity index (χ3n) is 7.97. The lowest BCUT2D eigenvalue weighted by molar-refractivity contribution is 0.201. The predicted molar refractivity (Wildman–Crippen MR) is 153 cm³/mol. The number of benzene rings is 5. The molecular formula is C35H28O4. The molecular weight excluding hydrogens is 484 g/mol. The van der Waals surface area contributed by atoms with Gasteiger partial charge in [0, 0.05) is 0 Å². The molecule has 0 fully saturated rings. The largest absolute Gasteiger partial charge is 0.491 e. The molecule has 4 heteroatoms. The zero-order valence-corrected chi connectivity index (χ0v) is 21.4. The average Bonchev–Trinajstić information content (AvgIpc) is 3.46. The summed E-state index contributed by atoms with van der Waals surface area (Å²) in [6.07, 6.45) is 0. The van der Waals surface area contributed by atoms with Gasteiger partial charge < -0.3 is 19.7 Å². The highest BCUT2D eigenvalue weighted by Gasteiger charge is 2.51. The Balaban J connectivity index is 1.47. The summed E-state index contributed by atoms with van der Waals surface area (Å²) in [4.78, 5) is 0. The summed E-state index contributed by atoms with van der Waals surface area (Å²) in [7, 11) is 0. The van der Waals surface area contributed by atoms with E-state index in [9.17, 15) is 5.11 Å². The molecule has 1 unspecified atom stereocenters. The second-order valence-corrected chi connectivity index (χ2v) is 9.98. The number of hydrogen-bond donors (Lipinski definition) is 2. The van der Waals surface area contributed by atoms with Crippen molar-refractivity contribution in [2.45, 2.75) is 5.41 Å². The third-order valence-corrected chi connectivity index (χ3v) is 7.97. The van der Waals surface area contributed by atoms with Crippen LogP contribution in [0.25, 0.3) is 33.4 Å². The van der Waals surface area contributed by atoms with Crippen molar-refractivity contribution in [1.82, 2.24) is 0 Å². The second kappa shape index (κ2) is 9.42. The fourth-order valence-electron chi connectivity index (χ4n) is 6.46. The van der Waals surface area contributed by atoms with Gasteiger partial charge in [0.2, 0.25) is 0 Å². The molecule has 2 aliphatic rings. The lowest BCUT2D eigenvalue weighted by atomic mass is 9.70. The number of aliphatic hydroxyl groups is 2. The Morgan fingerprint density at radius 2 is 0.949 bits per heavy atom. The SMILES string of the molecule is OCCOc1ccc(-c2ccc3c(c2)C2(c4ccccc4-c4ccc(OCCO)cc42)c2ccccc2-3)cc1. The van der Waals surface area contributed by atoms with Gasteiger partial charge in [0.05, 0.1) is 18.6 Å². The molecule has 0 saturated heterocycles. The van der Waals surface area contributed by atoms with Crippen LogP contribution in [0.1, 0.15) is 22.3 Å². The molecule has 1 spiro atoms. The number of fused-ring (bicyclic) bond motifs is 10. The highest BCUT2D eigenvalue weighted by molar-refractivity contribution is 5.96. The Bertz CT molecular complexity index is 1680. The Labute approximate surface area is 227 Å². The van der Waals surface area contributed by atoms with Crippen LogP contribution in [0.15, 0.2) is 109 Å². The highest BCUT2D eigenvalue weighted by Crippen LogP contribution is 2.63. The lowest BCUT2D eigenvalue weighted by Gasteiger charge is -2.31. The second-order valence-electron chi connectivity index (χ2n) is 9.98. The first kappa shape index (κ1) is 23.7. The van der Waals surface area contributed by atoms with Gasteiger partial charge in [0.1, 0.15) is 24.7 Å². The summed E-state index contributed by atoms with van der Waals surface area (Å²) >= 11 is 0. The van der Waals surface area contributed by atoms with E-state index >= 15 is 0 Å². The quantitative estimate of drug-likeness (QED) is 0.258. The van der Waals surface area contributed by atoms with Crippen LogP contribution in [0.5, 0.6) is 11.5 Å². The van der Waals surface area contributed by atoms with Crippen molar-refractivity contribution in [3.8, 4) is 44.9 Å². The van der Waals surface area contributed by atoms with Crippen LogP contribution in [0.2, 0.25) is 0 Å². The summed E-state index contributed by atoms with van der Waals surface area (Å²) in [5.41, 5.74) is 11.7. The van der Waals surface area contributed by atoms with Crippen molar-refractivity contribution in [2.75, 3.05) is 26.4 Å². The first-order valence-electron chi connectivity index (χ1n) is 13.3. The lowest BCUT2D eigenvalue weighted by Crippen LogP contribution is -2.26. The normalized spacial score (nSPS) is 15.9. The van der Waals surface area contributed by atoms with Crippen molar-refractivity contribution >= 4 is 0 Å². The third kappa shape index (κ3) is 3.53. The molecule has 5 aromatic rings. The molecule has 7 rings (SSSR count). The Morgan fingerprint density at radius 3 is 1.59 bits per heavy atom. The summed E-state index contributed by atoms with van der Waals surface area (Å²) < 4.78 is 11.5. The van der Waals surface area contributed by atoms with E-state index in [0.717, 1.165) is 22.6 Å². The van der Waals surface area contributed by atoms with Gasteiger partial charge in [-0.3, -0.25) is 0 Å². The Kier molecular flexibility index (Phi) is 5.73. The minimum absolute atomic E-state index is 0.00901. The number of rotatable bonds is 7. The minimum atomic E-state index is -0.476. The van der Waals surface area contributed by atoms with Gasteiger partial charge in [-0.2, -0.15) is 0 Å². The zero-order valence-electron chi connectivity index (χ0n) is 21.4. The topological polar surface area (TPSA) is 58.9 Å². The van der Waals surface area contributed by atoms with Gasteiger partial charge in [-0.15, -0.1) is 0 Å². The Morgan fingerprint density at radius 1 is 0.462 bits per heavy atom. The van der Waals surface area contributed by atoms with E-state index in [-0.39, 0.29) is 26.4 Å². The molecule has 2 N–H and O–H groups in total. The van der Waals surface area contributed by atoms with Gasteiger partial charge in [-0.25, -0.2) is 0 Å². The fourth-order valence-corrected chi connectivity index (χ4v) is 6.46. The van der Waals surface area contributed by atoms with E-state index in [4.69, 9.17) is 14.6 Å². The fraction of sp³-hybridized carbons (Fsp3) is 0.143. The monoisotopic (exact) mass is 512 g/mol. The molecule has 0 radical (unpaired) electrons. The van der Waals surface area contributed by atoms with Gasteiger partial charge in [0.15, 0.2) is 0 Å². The molecule has 0 aromatic heterocycles. The maximum absolute atomic E-state index is 9.38. The van der Waals surface area contributed by atoms with Crippen LogP contribution in [0.4, 0.5) is 0 Å². The van der Waals surface area contributed by atoms with E-state index in [0.29, 0.717) is 0 Å². The van der Waals surface area contributed by atoms with Crippen LogP contribution in [-0.4, -0.2) is 36.6 Å². The van der Waals surface area contributed by atoms with E-state index in [1.165, 1.54) is 44.5 Å². The molecule has 0 amide bonds. The van der Waals surface area contributed by atoms with Crippen molar-refractivity contribution in [3.05, 3.63) is 131 Å². The molecule has 0 aliphatic heterocycles. The minimum Gasteiger partial charge on any atom is -0.491 e. The molecule has 4 nitrogen and oxygen atoms in total. The zero-order chi connectivity index (χ0) is 26.4. The van der Waals surface area contributed by atoms with Crippen molar-refractivity contribution in [1.29, 1.82) is 0 Å². The first-order chi connectivity index (χ1) is 19.3. The number of hydrogen-bond acceptors (Lipinski definition) is 4. The molecule has 5 aromatic carbocycles. The van der Waals surface area contributed by atoms with E-state index < -0.39 is 5.41 Å². The molecule has 0 saturated carbocycles. The van der Waals surface area contributed by atoms with E-state index in [2.05, 4.69) is 91.0 Å². The standard InChI is InChI=1S/C35H28O4/c36-17-19-38-25-12-9-23(10-13-25)24-11-15-29-27-5-1-3-7-31(27)35(33(29)21-24)32-8-4-2-6-28(32)30-16-14-26(22-34(30)35)39-20-18-37/h1-16,21-22,36-37H,17-20H2. The Hall–Kier alpha value is -4.38. The van der Waals surface area contributed by atoms with Crippen molar-refractivity contribution < 1.29 is 19.7 Å². The van der Waals surface area contributed by atoms with Crippen LogP contribution < -0.4 is 9.47 Å². The van der Waals surface area contributed by atoms with E-state index in [1.54, 1.807) is 0 Å². The first-order valence-corrected chi connectivity index (χ1v) is 13.3. The molecule has 0 bridgehead atoms. The summed E-state index contributed by atoms with van der Waals surface area (Å²) in [6.45, 7) is 0.502. The number of aliphatic hydroxyl groups excluding tert-OH is 2. The van der Waals surface area contributed by atoms with Gasteiger partial charge in [-0.05, 0) is 86.0 Å². The van der Waals surface area contributed by atoms with Crippen molar-refractivity contribution in [3.63, 3.8) is 0 Å². The van der Waals surface area contributed by atoms with Crippen LogP contribution in [0.3, 0.4) is 0 Å². The predicted octanol–water partition coefficient (Wildman–Crippen LogP) is 6.44. The summed E-state index contributed by atoms with van der Waals surface area (Å²) in [5, 5.41) is 18.5.